The Labute approximate surface area is 121 Å². The monoisotopic (exact) mass is 292 g/mol. The maximum atomic E-state index is 13.7. The molecule has 20 heavy (non-hydrogen) atoms. The zero-order valence-corrected chi connectivity index (χ0v) is 11.9. The van der Waals surface area contributed by atoms with Gasteiger partial charge >= 0.3 is 0 Å². The summed E-state index contributed by atoms with van der Waals surface area (Å²) >= 11 is 1.47. The number of β-amino-alcohol motifs (C(OH)–C–C–N with tert-alkyl or cyclic N) is 1. The van der Waals surface area contributed by atoms with Gasteiger partial charge in [0.15, 0.2) is 0 Å². The molecule has 0 saturated carbocycles. The summed E-state index contributed by atoms with van der Waals surface area (Å²) in [6.07, 6.45) is 1.67. The Morgan fingerprint density at radius 3 is 3.05 bits per heavy atom. The van der Waals surface area contributed by atoms with Crippen LogP contribution in [0.1, 0.15) is 18.5 Å². The van der Waals surface area contributed by atoms with Crippen LogP contribution in [-0.4, -0.2) is 34.2 Å². The first-order valence-electron chi connectivity index (χ1n) is 6.82. The summed E-state index contributed by atoms with van der Waals surface area (Å²) in [5, 5.41) is 12.4. The summed E-state index contributed by atoms with van der Waals surface area (Å²) < 4.78 is 13.7. The van der Waals surface area contributed by atoms with Crippen LogP contribution in [0.5, 0.6) is 0 Å². The molecule has 3 rings (SSSR count). The first kappa shape index (κ1) is 13.7. The van der Waals surface area contributed by atoms with E-state index in [2.05, 4.69) is 9.88 Å². The summed E-state index contributed by atoms with van der Waals surface area (Å²) in [6, 6.07) is 6.71. The van der Waals surface area contributed by atoms with E-state index in [0.717, 1.165) is 36.6 Å². The van der Waals surface area contributed by atoms with Crippen LogP contribution in [-0.2, 0) is 6.54 Å². The number of aliphatic hydroxyl groups is 1. The van der Waals surface area contributed by atoms with Gasteiger partial charge < -0.3 is 5.11 Å². The van der Waals surface area contributed by atoms with Gasteiger partial charge in [-0.05, 0) is 31.5 Å². The molecule has 0 spiro atoms. The zero-order chi connectivity index (χ0) is 13.9. The Bertz CT molecular complexity index is 587. The number of likely N-dealkylation sites (tertiary alicyclic amines) is 1. The maximum Gasteiger partial charge on any atom is 0.133 e. The van der Waals surface area contributed by atoms with E-state index in [4.69, 9.17) is 0 Å². The molecule has 1 unspecified atom stereocenters. The molecule has 1 N–H and O–H groups in total. The van der Waals surface area contributed by atoms with Gasteiger partial charge in [0.2, 0.25) is 0 Å². The SMILES string of the molecule is OC1CCCN(Cc2csc(-c3ccccc3F)n2)C1. The van der Waals surface area contributed by atoms with E-state index in [0.29, 0.717) is 12.1 Å². The molecule has 1 aromatic carbocycles. The lowest BCUT2D eigenvalue weighted by Crippen LogP contribution is -2.37. The van der Waals surface area contributed by atoms with Gasteiger partial charge in [-0.3, -0.25) is 4.90 Å². The Kier molecular flexibility index (Phi) is 4.10. The third-order valence-electron chi connectivity index (χ3n) is 3.52. The average Bonchev–Trinajstić information content (AvgIpc) is 2.87. The van der Waals surface area contributed by atoms with E-state index in [1.54, 1.807) is 12.1 Å². The molecule has 2 aromatic rings. The highest BCUT2D eigenvalue weighted by atomic mass is 32.1. The van der Waals surface area contributed by atoms with Gasteiger partial charge in [-0.25, -0.2) is 9.37 Å². The molecular formula is C15H17FN2OS. The van der Waals surface area contributed by atoms with Crippen LogP contribution in [0.25, 0.3) is 10.6 Å². The molecule has 0 radical (unpaired) electrons. The predicted octanol–water partition coefficient (Wildman–Crippen LogP) is 2.91. The van der Waals surface area contributed by atoms with Crippen molar-refractivity contribution < 1.29 is 9.50 Å². The van der Waals surface area contributed by atoms with Crippen molar-refractivity contribution in [3.05, 3.63) is 41.2 Å². The van der Waals surface area contributed by atoms with Crippen molar-refractivity contribution in [1.29, 1.82) is 0 Å². The lowest BCUT2D eigenvalue weighted by molar-refractivity contribution is 0.0663. The molecule has 1 atom stereocenters. The van der Waals surface area contributed by atoms with Crippen molar-refractivity contribution in [2.75, 3.05) is 13.1 Å². The third-order valence-corrected chi connectivity index (χ3v) is 4.45. The summed E-state index contributed by atoms with van der Waals surface area (Å²) in [4.78, 5) is 6.72. The highest BCUT2D eigenvalue weighted by Crippen LogP contribution is 2.26. The number of piperidine rings is 1. The van der Waals surface area contributed by atoms with Crippen molar-refractivity contribution in [1.82, 2.24) is 9.88 Å². The fourth-order valence-corrected chi connectivity index (χ4v) is 3.38. The zero-order valence-electron chi connectivity index (χ0n) is 11.1. The van der Waals surface area contributed by atoms with Crippen molar-refractivity contribution >= 4 is 11.3 Å². The second kappa shape index (κ2) is 5.99. The van der Waals surface area contributed by atoms with Crippen LogP contribution in [0.2, 0.25) is 0 Å². The Morgan fingerprint density at radius 1 is 1.40 bits per heavy atom. The second-order valence-electron chi connectivity index (χ2n) is 5.16. The van der Waals surface area contributed by atoms with Crippen LogP contribution < -0.4 is 0 Å². The van der Waals surface area contributed by atoms with Crippen molar-refractivity contribution in [2.24, 2.45) is 0 Å². The van der Waals surface area contributed by atoms with E-state index >= 15 is 0 Å². The van der Waals surface area contributed by atoms with Crippen molar-refractivity contribution in [3.63, 3.8) is 0 Å². The fourth-order valence-electron chi connectivity index (χ4n) is 2.54. The quantitative estimate of drug-likeness (QED) is 0.945. The van der Waals surface area contributed by atoms with E-state index in [1.165, 1.54) is 17.4 Å². The second-order valence-corrected chi connectivity index (χ2v) is 6.01. The van der Waals surface area contributed by atoms with Gasteiger partial charge in [-0.2, -0.15) is 0 Å². The van der Waals surface area contributed by atoms with Gasteiger partial charge in [-0.1, -0.05) is 12.1 Å². The molecule has 106 valence electrons. The van der Waals surface area contributed by atoms with E-state index < -0.39 is 0 Å². The number of hydrogen-bond donors (Lipinski definition) is 1. The summed E-state index contributed by atoms with van der Waals surface area (Å²) in [5.74, 6) is -0.234. The molecule has 0 bridgehead atoms. The standard InChI is InChI=1S/C15H17FN2OS/c16-14-6-2-1-5-13(14)15-17-11(10-20-15)8-18-7-3-4-12(19)9-18/h1-2,5-6,10,12,19H,3-4,7-9H2. The third kappa shape index (κ3) is 3.06. The van der Waals surface area contributed by atoms with Crippen LogP contribution in [0.15, 0.2) is 29.6 Å². The minimum atomic E-state index is -0.234. The van der Waals surface area contributed by atoms with Crippen LogP contribution in [0, 0.1) is 5.82 Å². The van der Waals surface area contributed by atoms with Gasteiger partial charge in [0.1, 0.15) is 10.8 Å². The Morgan fingerprint density at radius 2 is 2.25 bits per heavy atom. The number of halogens is 1. The van der Waals surface area contributed by atoms with Gasteiger partial charge in [0.25, 0.3) is 0 Å². The summed E-state index contributed by atoms with van der Waals surface area (Å²) in [7, 11) is 0. The van der Waals surface area contributed by atoms with Gasteiger partial charge in [0, 0.05) is 24.0 Å². The lowest BCUT2D eigenvalue weighted by Gasteiger charge is -2.29. The number of thiazole rings is 1. The predicted molar refractivity (Wildman–Crippen MR) is 78.0 cm³/mol. The molecule has 5 heteroatoms. The van der Waals surface area contributed by atoms with Crippen LogP contribution in [0.3, 0.4) is 0 Å². The normalized spacial score (nSPS) is 20.2. The summed E-state index contributed by atoms with van der Waals surface area (Å²) in [5.41, 5.74) is 1.50. The Balaban J connectivity index is 1.72. The molecule has 1 aliphatic heterocycles. The van der Waals surface area contributed by atoms with E-state index in [9.17, 15) is 9.50 Å². The first-order valence-corrected chi connectivity index (χ1v) is 7.70. The van der Waals surface area contributed by atoms with E-state index in [1.807, 2.05) is 11.4 Å². The van der Waals surface area contributed by atoms with Gasteiger partial charge in [-0.15, -0.1) is 11.3 Å². The molecule has 1 fully saturated rings. The van der Waals surface area contributed by atoms with Crippen LogP contribution in [0.4, 0.5) is 4.39 Å². The minimum absolute atomic E-state index is 0.228. The molecule has 1 aromatic heterocycles. The molecule has 2 heterocycles. The molecule has 0 aliphatic carbocycles. The molecule has 1 aliphatic rings. The number of aromatic nitrogens is 1. The minimum Gasteiger partial charge on any atom is -0.392 e. The summed E-state index contributed by atoms with van der Waals surface area (Å²) in [6.45, 7) is 2.41. The molecular weight excluding hydrogens is 275 g/mol. The number of rotatable bonds is 3. The lowest BCUT2D eigenvalue weighted by atomic mass is 10.1. The number of nitrogens with zero attached hydrogens (tertiary/aromatic N) is 2. The molecule has 1 saturated heterocycles. The number of aliphatic hydroxyl groups excluding tert-OH is 1. The van der Waals surface area contributed by atoms with Crippen molar-refractivity contribution in [2.45, 2.75) is 25.5 Å². The van der Waals surface area contributed by atoms with Crippen LogP contribution >= 0.6 is 11.3 Å². The first-order chi connectivity index (χ1) is 9.72. The topological polar surface area (TPSA) is 36.4 Å². The van der Waals surface area contributed by atoms with Crippen molar-refractivity contribution in [3.8, 4) is 10.6 Å². The smallest absolute Gasteiger partial charge is 0.133 e. The number of hydrogen-bond acceptors (Lipinski definition) is 4. The number of benzene rings is 1. The highest BCUT2D eigenvalue weighted by molar-refractivity contribution is 7.13. The highest BCUT2D eigenvalue weighted by Gasteiger charge is 2.19. The van der Waals surface area contributed by atoms with Gasteiger partial charge in [0.05, 0.1) is 11.8 Å². The van der Waals surface area contributed by atoms with E-state index in [-0.39, 0.29) is 11.9 Å². The molecule has 0 amide bonds. The fraction of sp³-hybridized carbons (Fsp3) is 0.400. The largest absolute Gasteiger partial charge is 0.392 e. The Hall–Kier alpha value is -1.30. The maximum absolute atomic E-state index is 13.7. The molecule has 3 nitrogen and oxygen atoms in total. The average molecular weight is 292 g/mol.